The molecule has 0 spiro atoms. The van der Waals surface area contributed by atoms with Crippen LogP contribution < -0.4 is 5.73 Å². The first kappa shape index (κ1) is 11.2. The molecule has 0 unspecified atom stereocenters. The minimum atomic E-state index is -0.377. The number of rotatable bonds is 1. The van der Waals surface area contributed by atoms with E-state index in [-0.39, 0.29) is 5.82 Å². The van der Waals surface area contributed by atoms with Gasteiger partial charge in [0.25, 0.3) is 0 Å². The largest absolute Gasteiger partial charge is 0.399 e. The van der Waals surface area contributed by atoms with Crippen LogP contribution in [0.4, 0.5) is 10.1 Å². The van der Waals surface area contributed by atoms with Crippen molar-refractivity contribution in [1.82, 2.24) is 0 Å². The Kier molecular flexibility index (Phi) is 3.03. The van der Waals surface area contributed by atoms with Crippen LogP contribution in [-0.4, -0.2) is 0 Å². The van der Waals surface area contributed by atoms with Gasteiger partial charge in [0, 0.05) is 26.9 Å². The summed E-state index contributed by atoms with van der Waals surface area (Å²) in [4.78, 5) is 0. The zero-order valence-corrected chi connectivity index (χ0v) is 9.69. The van der Waals surface area contributed by atoms with Crippen molar-refractivity contribution in [2.24, 2.45) is 0 Å². The molecule has 2 rings (SSSR count). The van der Waals surface area contributed by atoms with E-state index in [2.05, 4.69) is 0 Å². The van der Waals surface area contributed by atoms with Crippen LogP contribution in [0.3, 0.4) is 0 Å². The summed E-state index contributed by atoms with van der Waals surface area (Å²) in [7, 11) is 0. The lowest BCUT2D eigenvalue weighted by Crippen LogP contribution is -1.90. The van der Waals surface area contributed by atoms with Gasteiger partial charge in [-0.3, -0.25) is 0 Å². The Labute approximate surface area is 103 Å². The molecular weight excluding hydrogens is 248 g/mol. The van der Waals surface area contributed by atoms with E-state index in [0.717, 1.165) is 0 Å². The summed E-state index contributed by atoms with van der Waals surface area (Å²) in [6, 6.07) is 9.23. The van der Waals surface area contributed by atoms with Gasteiger partial charge in [-0.05, 0) is 36.4 Å². The molecule has 0 saturated carbocycles. The monoisotopic (exact) mass is 255 g/mol. The molecule has 0 heterocycles. The molecule has 0 saturated heterocycles. The first-order valence-corrected chi connectivity index (χ1v) is 5.34. The highest BCUT2D eigenvalue weighted by Gasteiger charge is 2.09. The average Bonchev–Trinajstić information content (AvgIpc) is 2.25. The number of nitrogens with two attached hydrogens (primary N) is 1. The van der Waals surface area contributed by atoms with E-state index in [1.54, 1.807) is 18.2 Å². The number of benzene rings is 2. The van der Waals surface area contributed by atoms with Crippen molar-refractivity contribution < 1.29 is 4.39 Å². The quantitative estimate of drug-likeness (QED) is 0.752. The van der Waals surface area contributed by atoms with Crippen LogP contribution in [0.2, 0.25) is 10.0 Å². The van der Waals surface area contributed by atoms with E-state index in [1.807, 2.05) is 0 Å². The summed E-state index contributed by atoms with van der Waals surface area (Å²) < 4.78 is 13.6. The topological polar surface area (TPSA) is 26.0 Å². The van der Waals surface area contributed by atoms with Crippen LogP contribution in [0.1, 0.15) is 0 Å². The van der Waals surface area contributed by atoms with Crippen LogP contribution in [0, 0.1) is 5.82 Å². The smallest absolute Gasteiger partial charge is 0.131 e. The lowest BCUT2D eigenvalue weighted by atomic mass is 10.0. The lowest BCUT2D eigenvalue weighted by Gasteiger charge is -2.07. The number of halogens is 3. The molecule has 82 valence electrons. The third-order valence-electron chi connectivity index (χ3n) is 2.21. The summed E-state index contributed by atoms with van der Waals surface area (Å²) in [6.07, 6.45) is 0. The predicted molar refractivity (Wildman–Crippen MR) is 66.3 cm³/mol. The Balaban J connectivity index is 2.66. The van der Waals surface area contributed by atoms with Gasteiger partial charge in [-0.2, -0.15) is 0 Å². The number of hydrogen-bond donors (Lipinski definition) is 1. The van der Waals surface area contributed by atoms with E-state index in [9.17, 15) is 4.39 Å². The maximum Gasteiger partial charge on any atom is 0.131 e. The van der Waals surface area contributed by atoms with Crippen molar-refractivity contribution in [2.45, 2.75) is 0 Å². The molecule has 0 aliphatic heterocycles. The molecular formula is C12H8Cl2FN. The van der Waals surface area contributed by atoms with Crippen LogP contribution in [0.5, 0.6) is 0 Å². The molecule has 0 aliphatic carbocycles. The highest BCUT2D eigenvalue weighted by atomic mass is 35.5. The molecule has 2 aromatic rings. The summed E-state index contributed by atoms with van der Waals surface area (Å²) >= 11 is 11.8. The number of hydrogen-bond acceptors (Lipinski definition) is 1. The van der Waals surface area contributed by atoms with Crippen LogP contribution >= 0.6 is 23.2 Å². The maximum absolute atomic E-state index is 13.6. The molecule has 1 nitrogen and oxygen atoms in total. The molecule has 0 bridgehead atoms. The van der Waals surface area contributed by atoms with E-state index in [0.29, 0.717) is 26.9 Å². The molecule has 4 heteroatoms. The van der Waals surface area contributed by atoms with Gasteiger partial charge in [0.1, 0.15) is 5.82 Å². The normalized spacial score (nSPS) is 10.4. The zero-order chi connectivity index (χ0) is 11.7. The second-order valence-corrected chi connectivity index (χ2v) is 4.21. The third kappa shape index (κ3) is 2.13. The van der Waals surface area contributed by atoms with Gasteiger partial charge < -0.3 is 5.73 Å². The van der Waals surface area contributed by atoms with Crippen molar-refractivity contribution in [3.8, 4) is 11.1 Å². The molecule has 2 aromatic carbocycles. The summed E-state index contributed by atoms with van der Waals surface area (Å²) in [6.45, 7) is 0. The van der Waals surface area contributed by atoms with E-state index in [4.69, 9.17) is 28.9 Å². The first-order valence-electron chi connectivity index (χ1n) is 4.58. The van der Waals surface area contributed by atoms with Crippen molar-refractivity contribution in [2.75, 3.05) is 5.73 Å². The summed E-state index contributed by atoms with van der Waals surface area (Å²) in [5.74, 6) is -0.377. The molecule has 16 heavy (non-hydrogen) atoms. The maximum atomic E-state index is 13.6. The first-order chi connectivity index (χ1) is 7.58. The number of nitrogen functional groups attached to an aromatic ring is 1. The van der Waals surface area contributed by atoms with E-state index < -0.39 is 0 Å². The Morgan fingerprint density at radius 1 is 0.938 bits per heavy atom. The van der Waals surface area contributed by atoms with Crippen molar-refractivity contribution >= 4 is 28.9 Å². The van der Waals surface area contributed by atoms with Gasteiger partial charge in [-0.15, -0.1) is 0 Å². The SMILES string of the molecule is Nc1ccc(F)c(-c2cc(Cl)ccc2Cl)c1. The molecule has 2 N–H and O–H groups in total. The zero-order valence-electron chi connectivity index (χ0n) is 8.18. The molecule has 0 fully saturated rings. The van der Waals surface area contributed by atoms with E-state index in [1.165, 1.54) is 18.2 Å². The van der Waals surface area contributed by atoms with Gasteiger partial charge >= 0.3 is 0 Å². The molecule has 0 radical (unpaired) electrons. The summed E-state index contributed by atoms with van der Waals surface area (Å²) in [5, 5.41) is 0.940. The standard InChI is InChI=1S/C12H8Cl2FN/c13-7-1-3-11(14)9(5-7)10-6-8(16)2-4-12(10)15/h1-6H,16H2. The lowest BCUT2D eigenvalue weighted by molar-refractivity contribution is 0.631. The Bertz CT molecular complexity index is 491. The fourth-order valence-electron chi connectivity index (χ4n) is 1.45. The van der Waals surface area contributed by atoms with Crippen LogP contribution in [0.25, 0.3) is 11.1 Å². The Hall–Kier alpha value is -1.25. The second kappa shape index (κ2) is 4.32. The Morgan fingerprint density at radius 3 is 2.44 bits per heavy atom. The third-order valence-corrected chi connectivity index (χ3v) is 2.77. The van der Waals surface area contributed by atoms with Crippen LogP contribution in [0.15, 0.2) is 36.4 Å². The predicted octanol–water partition coefficient (Wildman–Crippen LogP) is 4.38. The highest BCUT2D eigenvalue weighted by molar-refractivity contribution is 6.35. The minimum Gasteiger partial charge on any atom is -0.399 e. The van der Waals surface area contributed by atoms with Gasteiger partial charge in [0.05, 0.1) is 0 Å². The fraction of sp³-hybridized carbons (Fsp3) is 0. The fourth-order valence-corrected chi connectivity index (χ4v) is 1.84. The van der Waals surface area contributed by atoms with Crippen molar-refractivity contribution in [1.29, 1.82) is 0 Å². The van der Waals surface area contributed by atoms with Crippen molar-refractivity contribution in [3.05, 3.63) is 52.3 Å². The molecule has 0 aliphatic rings. The average molecular weight is 256 g/mol. The van der Waals surface area contributed by atoms with Gasteiger partial charge in [0.15, 0.2) is 0 Å². The van der Waals surface area contributed by atoms with E-state index >= 15 is 0 Å². The summed E-state index contributed by atoms with van der Waals surface area (Å²) in [5.41, 5.74) is 6.98. The number of anilines is 1. The highest BCUT2D eigenvalue weighted by Crippen LogP contribution is 2.33. The minimum absolute atomic E-state index is 0.354. The van der Waals surface area contributed by atoms with Gasteiger partial charge in [0.2, 0.25) is 0 Å². The molecule has 0 amide bonds. The Morgan fingerprint density at radius 2 is 1.69 bits per heavy atom. The van der Waals surface area contributed by atoms with Crippen LogP contribution in [-0.2, 0) is 0 Å². The second-order valence-electron chi connectivity index (χ2n) is 3.36. The van der Waals surface area contributed by atoms with Gasteiger partial charge in [-0.1, -0.05) is 23.2 Å². The molecule has 0 atom stereocenters. The molecule has 0 aromatic heterocycles. The van der Waals surface area contributed by atoms with Crippen molar-refractivity contribution in [3.63, 3.8) is 0 Å². The van der Waals surface area contributed by atoms with Gasteiger partial charge in [-0.25, -0.2) is 4.39 Å².